The molecule has 108 valence electrons. The van der Waals surface area contributed by atoms with Crippen LogP contribution in [0.15, 0.2) is 36.4 Å². The molecule has 3 heteroatoms. The molecule has 2 atom stereocenters. The molecular weight excluding hydrogens is 252 g/mol. The number of hydrogen-bond acceptors (Lipinski definition) is 3. The van der Waals surface area contributed by atoms with Crippen LogP contribution in [-0.2, 0) is 14.3 Å². The number of carbonyl (C=O) groups excluding carboxylic acids is 2. The zero-order valence-electron chi connectivity index (χ0n) is 12.6. The van der Waals surface area contributed by atoms with Crippen molar-refractivity contribution in [3.8, 4) is 0 Å². The topological polar surface area (TPSA) is 43.4 Å². The van der Waals surface area contributed by atoms with E-state index in [2.05, 4.69) is 0 Å². The Hall–Kier alpha value is -1.90. The van der Waals surface area contributed by atoms with Crippen molar-refractivity contribution in [3.63, 3.8) is 0 Å². The second-order valence-corrected chi connectivity index (χ2v) is 5.04. The van der Waals surface area contributed by atoms with E-state index in [9.17, 15) is 9.59 Å². The maximum Gasteiger partial charge on any atom is 0.319 e. The van der Waals surface area contributed by atoms with Crippen LogP contribution in [0.25, 0.3) is 6.08 Å². The fraction of sp³-hybridized carbons (Fsp3) is 0.412. The molecule has 0 aliphatic rings. The minimum Gasteiger partial charge on any atom is -0.465 e. The number of esters is 1. The standard InChI is InChI=1S/C17H22O3/c1-5-20-16(19)17(4,14(3)18)13(2)11-12-15-9-7-6-8-10-15/h6-13H,5H2,1-4H3/b12-11+/t13-,17?/m1/s1. The van der Waals surface area contributed by atoms with Crippen molar-refractivity contribution < 1.29 is 14.3 Å². The van der Waals surface area contributed by atoms with Gasteiger partial charge in [-0.2, -0.15) is 0 Å². The SMILES string of the molecule is CCOC(=O)C(C)(C(C)=O)[C@H](C)/C=C/c1ccccc1. The minimum absolute atomic E-state index is 0.179. The van der Waals surface area contributed by atoms with E-state index in [0.29, 0.717) is 0 Å². The van der Waals surface area contributed by atoms with Crippen LogP contribution in [0.5, 0.6) is 0 Å². The Bertz CT molecular complexity index is 490. The second-order valence-electron chi connectivity index (χ2n) is 5.04. The van der Waals surface area contributed by atoms with Crippen LogP contribution in [-0.4, -0.2) is 18.4 Å². The lowest BCUT2D eigenvalue weighted by molar-refractivity contribution is -0.160. The average Bonchev–Trinajstić information content (AvgIpc) is 2.44. The van der Waals surface area contributed by atoms with Crippen LogP contribution < -0.4 is 0 Å². The molecule has 1 rings (SSSR count). The zero-order chi connectivity index (χ0) is 15.2. The van der Waals surface area contributed by atoms with E-state index < -0.39 is 11.4 Å². The molecule has 0 spiro atoms. The van der Waals surface area contributed by atoms with Crippen molar-refractivity contribution in [1.82, 2.24) is 0 Å². The van der Waals surface area contributed by atoms with Gasteiger partial charge in [0.05, 0.1) is 6.61 Å². The molecular formula is C17H22O3. The quantitative estimate of drug-likeness (QED) is 0.589. The summed E-state index contributed by atoms with van der Waals surface area (Å²) in [5.41, 5.74) is -0.101. The molecule has 1 unspecified atom stereocenters. The average molecular weight is 274 g/mol. The fourth-order valence-electron chi connectivity index (χ4n) is 1.94. The van der Waals surface area contributed by atoms with Crippen LogP contribution in [0.4, 0.5) is 0 Å². The monoisotopic (exact) mass is 274 g/mol. The summed E-state index contributed by atoms with van der Waals surface area (Å²) in [6.07, 6.45) is 3.80. The van der Waals surface area contributed by atoms with Gasteiger partial charge in [-0.3, -0.25) is 9.59 Å². The first-order valence-corrected chi connectivity index (χ1v) is 6.84. The maximum atomic E-state index is 12.1. The summed E-state index contributed by atoms with van der Waals surface area (Å²) in [6.45, 7) is 6.95. The van der Waals surface area contributed by atoms with E-state index in [1.54, 1.807) is 13.8 Å². The Morgan fingerprint density at radius 3 is 2.40 bits per heavy atom. The fourth-order valence-corrected chi connectivity index (χ4v) is 1.94. The maximum absolute atomic E-state index is 12.1. The molecule has 0 aliphatic carbocycles. The molecule has 0 aromatic heterocycles. The molecule has 0 fully saturated rings. The third kappa shape index (κ3) is 3.56. The van der Waals surface area contributed by atoms with Gasteiger partial charge in [0.2, 0.25) is 0 Å². The lowest BCUT2D eigenvalue weighted by Crippen LogP contribution is -2.41. The van der Waals surface area contributed by atoms with E-state index in [4.69, 9.17) is 4.74 Å². The number of allylic oxidation sites excluding steroid dienone is 1. The summed E-state index contributed by atoms with van der Waals surface area (Å²) in [4.78, 5) is 24.0. The smallest absolute Gasteiger partial charge is 0.319 e. The number of hydrogen-bond donors (Lipinski definition) is 0. The van der Waals surface area contributed by atoms with E-state index in [0.717, 1.165) is 5.56 Å². The molecule has 0 amide bonds. The van der Waals surface area contributed by atoms with Crippen molar-refractivity contribution in [1.29, 1.82) is 0 Å². The highest BCUT2D eigenvalue weighted by molar-refractivity contribution is 6.02. The molecule has 0 saturated carbocycles. The summed E-state index contributed by atoms with van der Waals surface area (Å²) < 4.78 is 5.05. The largest absolute Gasteiger partial charge is 0.465 e. The first-order chi connectivity index (χ1) is 9.42. The van der Waals surface area contributed by atoms with Crippen LogP contribution in [0, 0.1) is 11.3 Å². The van der Waals surface area contributed by atoms with E-state index in [1.807, 2.05) is 49.4 Å². The highest BCUT2D eigenvalue weighted by Gasteiger charge is 2.43. The van der Waals surface area contributed by atoms with Crippen molar-refractivity contribution >= 4 is 17.8 Å². The first-order valence-electron chi connectivity index (χ1n) is 6.84. The van der Waals surface area contributed by atoms with Gasteiger partial charge >= 0.3 is 5.97 Å². The predicted octanol–water partition coefficient (Wildman–Crippen LogP) is 3.49. The Morgan fingerprint density at radius 2 is 1.90 bits per heavy atom. The van der Waals surface area contributed by atoms with Crippen molar-refractivity contribution in [2.75, 3.05) is 6.61 Å². The van der Waals surface area contributed by atoms with Gasteiger partial charge in [0.1, 0.15) is 11.2 Å². The van der Waals surface area contributed by atoms with Gasteiger partial charge in [-0.15, -0.1) is 0 Å². The van der Waals surface area contributed by atoms with Crippen LogP contribution in [0.3, 0.4) is 0 Å². The molecule has 0 heterocycles. The van der Waals surface area contributed by atoms with Gasteiger partial charge in [0, 0.05) is 0 Å². The molecule has 0 bridgehead atoms. The molecule has 1 aromatic rings. The van der Waals surface area contributed by atoms with Crippen molar-refractivity contribution in [2.24, 2.45) is 11.3 Å². The molecule has 0 radical (unpaired) electrons. The Morgan fingerprint density at radius 1 is 1.30 bits per heavy atom. The van der Waals surface area contributed by atoms with Crippen LogP contribution in [0.1, 0.15) is 33.3 Å². The summed E-state index contributed by atoms with van der Waals surface area (Å²) in [6, 6.07) is 9.77. The number of Topliss-reactive ketones (excluding diaryl/α,β-unsaturated/α-hetero) is 1. The highest BCUT2D eigenvalue weighted by atomic mass is 16.5. The Labute approximate surface area is 120 Å². The summed E-state index contributed by atoms with van der Waals surface area (Å²) in [5, 5.41) is 0. The first kappa shape index (κ1) is 16.2. The number of rotatable bonds is 6. The van der Waals surface area contributed by atoms with Gasteiger partial charge in [-0.25, -0.2) is 0 Å². The summed E-state index contributed by atoms with van der Waals surface area (Å²) in [5.74, 6) is -0.877. The zero-order valence-corrected chi connectivity index (χ0v) is 12.6. The van der Waals surface area contributed by atoms with E-state index >= 15 is 0 Å². The number of carbonyl (C=O) groups is 2. The number of benzene rings is 1. The molecule has 0 aliphatic heterocycles. The van der Waals surface area contributed by atoms with E-state index in [1.165, 1.54) is 6.92 Å². The van der Waals surface area contributed by atoms with Crippen LogP contribution >= 0.6 is 0 Å². The molecule has 0 saturated heterocycles. The molecule has 3 nitrogen and oxygen atoms in total. The molecule has 1 aromatic carbocycles. The summed E-state index contributed by atoms with van der Waals surface area (Å²) in [7, 11) is 0. The lowest BCUT2D eigenvalue weighted by Gasteiger charge is -2.28. The van der Waals surface area contributed by atoms with Gasteiger partial charge < -0.3 is 4.74 Å². The second kappa shape index (κ2) is 7.04. The minimum atomic E-state index is -1.14. The highest BCUT2D eigenvalue weighted by Crippen LogP contribution is 2.31. The third-order valence-corrected chi connectivity index (χ3v) is 3.72. The number of ether oxygens (including phenoxy) is 1. The van der Waals surface area contributed by atoms with E-state index in [-0.39, 0.29) is 18.3 Å². The molecule has 0 N–H and O–H groups in total. The van der Waals surface area contributed by atoms with Gasteiger partial charge in [-0.05, 0) is 32.3 Å². The molecule has 20 heavy (non-hydrogen) atoms. The van der Waals surface area contributed by atoms with Gasteiger partial charge in [-0.1, -0.05) is 49.4 Å². The van der Waals surface area contributed by atoms with Gasteiger partial charge in [0.15, 0.2) is 0 Å². The van der Waals surface area contributed by atoms with Crippen molar-refractivity contribution in [2.45, 2.75) is 27.7 Å². The Kier molecular flexibility index (Phi) is 5.68. The van der Waals surface area contributed by atoms with Crippen molar-refractivity contribution in [3.05, 3.63) is 42.0 Å². The third-order valence-electron chi connectivity index (χ3n) is 3.72. The predicted molar refractivity (Wildman–Crippen MR) is 80.1 cm³/mol. The normalized spacial score (nSPS) is 15.6. The summed E-state index contributed by atoms with van der Waals surface area (Å²) >= 11 is 0. The van der Waals surface area contributed by atoms with Crippen LogP contribution in [0.2, 0.25) is 0 Å². The number of ketones is 1. The Balaban J connectivity index is 2.95. The van der Waals surface area contributed by atoms with Gasteiger partial charge in [0.25, 0.3) is 0 Å². The lowest BCUT2D eigenvalue weighted by atomic mass is 9.74.